The minimum atomic E-state index is -2.51. The van der Waals surface area contributed by atoms with Crippen LogP contribution in [0.2, 0.25) is 0 Å². The third-order valence-corrected chi connectivity index (χ3v) is 3.81. The molecular weight excluding hydrogens is 427 g/mol. The molecule has 0 spiro atoms. The van der Waals surface area contributed by atoms with Crippen LogP contribution in [0.4, 0.5) is 50.9 Å². The van der Waals surface area contributed by atoms with E-state index in [9.17, 15) is 39.5 Å². The van der Waals surface area contributed by atoms with Gasteiger partial charge >= 0.3 is 0 Å². The summed E-state index contributed by atoms with van der Waals surface area (Å²) < 4.78 is 125. The Bertz CT molecular complexity index is 1110. The highest BCUT2D eigenvalue weighted by Crippen LogP contribution is 2.29. The summed E-state index contributed by atoms with van der Waals surface area (Å²) in [6.45, 7) is 0. The van der Waals surface area contributed by atoms with E-state index in [0.29, 0.717) is 24.3 Å². The Morgan fingerprint density at radius 2 is 0.967 bits per heavy atom. The average Bonchev–Trinajstić information content (AvgIpc) is 2.70. The van der Waals surface area contributed by atoms with Crippen LogP contribution in [0.1, 0.15) is 5.56 Å². The molecule has 1 N–H and O–H groups in total. The standard InChI is InChI=1S/C19H7F9N2/c20-7-3-1-4-8(21)17(7)29-19(30-18-9(22)5-2-6-10(18)23)11-12(24)14(26)16(28)15(27)13(11)25/h1-6H,(H,29,30). The van der Waals surface area contributed by atoms with Crippen LogP contribution in [0.15, 0.2) is 41.4 Å². The fourth-order valence-corrected chi connectivity index (χ4v) is 2.40. The number of para-hydroxylation sites is 2. The highest BCUT2D eigenvalue weighted by atomic mass is 19.2. The molecule has 0 heterocycles. The van der Waals surface area contributed by atoms with Gasteiger partial charge in [0.1, 0.15) is 28.8 Å². The molecule has 0 saturated carbocycles. The fraction of sp³-hybridized carbons (Fsp3) is 0. The summed E-state index contributed by atoms with van der Waals surface area (Å²) in [5, 5.41) is 1.72. The second-order valence-electron chi connectivity index (χ2n) is 5.70. The lowest BCUT2D eigenvalue weighted by Gasteiger charge is -2.15. The molecule has 0 aromatic heterocycles. The number of nitrogens with zero attached hydrogens (tertiary/aromatic N) is 1. The Morgan fingerprint density at radius 1 is 0.567 bits per heavy atom. The molecule has 0 unspecified atom stereocenters. The highest BCUT2D eigenvalue weighted by molar-refractivity contribution is 6.10. The topological polar surface area (TPSA) is 24.4 Å². The maximum absolute atomic E-state index is 14.2. The number of amidine groups is 1. The van der Waals surface area contributed by atoms with Gasteiger partial charge in [0.05, 0.1) is 5.56 Å². The third-order valence-electron chi connectivity index (χ3n) is 3.81. The minimum absolute atomic E-state index is 0.682. The molecule has 30 heavy (non-hydrogen) atoms. The van der Waals surface area contributed by atoms with Crippen molar-refractivity contribution in [1.82, 2.24) is 0 Å². The number of hydrogen-bond donors (Lipinski definition) is 1. The van der Waals surface area contributed by atoms with E-state index in [1.807, 2.05) is 0 Å². The highest BCUT2D eigenvalue weighted by Gasteiger charge is 2.30. The third kappa shape index (κ3) is 3.70. The van der Waals surface area contributed by atoms with Gasteiger partial charge in [0.2, 0.25) is 5.82 Å². The van der Waals surface area contributed by atoms with Gasteiger partial charge in [-0.3, -0.25) is 0 Å². The van der Waals surface area contributed by atoms with E-state index >= 15 is 0 Å². The molecule has 0 radical (unpaired) electrons. The van der Waals surface area contributed by atoms with Crippen molar-refractivity contribution in [2.24, 2.45) is 4.99 Å². The summed E-state index contributed by atoms with van der Waals surface area (Å²) in [5.74, 6) is -19.1. The van der Waals surface area contributed by atoms with E-state index in [4.69, 9.17) is 0 Å². The number of aliphatic imine (C=N–C) groups is 1. The van der Waals surface area contributed by atoms with Crippen LogP contribution >= 0.6 is 0 Å². The van der Waals surface area contributed by atoms with E-state index in [0.717, 1.165) is 12.1 Å². The van der Waals surface area contributed by atoms with Crippen LogP contribution in [0.25, 0.3) is 0 Å². The summed E-state index contributed by atoms with van der Waals surface area (Å²) in [6, 6.07) is 4.59. The summed E-state index contributed by atoms with van der Waals surface area (Å²) in [5.41, 5.74) is -4.10. The normalized spacial score (nSPS) is 11.7. The number of halogens is 9. The number of rotatable bonds is 3. The monoisotopic (exact) mass is 434 g/mol. The second-order valence-corrected chi connectivity index (χ2v) is 5.70. The minimum Gasteiger partial charge on any atom is -0.335 e. The molecule has 11 heteroatoms. The van der Waals surface area contributed by atoms with Crippen molar-refractivity contribution in [3.63, 3.8) is 0 Å². The van der Waals surface area contributed by atoms with Gasteiger partial charge in [-0.25, -0.2) is 44.5 Å². The van der Waals surface area contributed by atoms with Gasteiger partial charge in [-0.15, -0.1) is 0 Å². The zero-order valence-corrected chi connectivity index (χ0v) is 14.3. The van der Waals surface area contributed by atoms with Crippen molar-refractivity contribution in [2.75, 3.05) is 5.32 Å². The lowest BCUT2D eigenvalue weighted by atomic mass is 10.1. The molecule has 0 fully saturated rings. The first kappa shape index (κ1) is 21.2. The quantitative estimate of drug-likeness (QED) is 0.173. The summed E-state index contributed by atoms with van der Waals surface area (Å²) >= 11 is 0. The lowest BCUT2D eigenvalue weighted by molar-refractivity contribution is 0.377. The van der Waals surface area contributed by atoms with Crippen molar-refractivity contribution < 1.29 is 39.5 Å². The first-order chi connectivity index (χ1) is 14.1. The second kappa shape index (κ2) is 8.09. The Kier molecular flexibility index (Phi) is 5.72. The van der Waals surface area contributed by atoms with Crippen molar-refractivity contribution in [1.29, 1.82) is 0 Å². The maximum Gasteiger partial charge on any atom is 0.200 e. The molecule has 0 atom stereocenters. The zero-order chi connectivity index (χ0) is 22.2. The molecule has 3 aromatic carbocycles. The lowest BCUT2D eigenvalue weighted by Crippen LogP contribution is -2.22. The van der Waals surface area contributed by atoms with Gasteiger partial charge in [0.25, 0.3) is 0 Å². The molecule has 0 bridgehead atoms. The van der Waals surface area contributed by atoms with Gasteiger partial charge in [-0.05, 0) is 24.3 Å². The van der Waals surface area contributed by atoms with Crippen molar-refractivity contribution >= 4 is 17.2 Å². The summed E-state index contributed by atoms with van der Waals surface area (Å²) in [4.78, 5) is 3.23. The van der Waals surface area contributed by atoms with Gasteiger partial charge in [0.15, 0.2) is 34.9 Å². The van der Waals surface area contributed by atoms with Gasteiger partial charge in [0, 0.05) is 0 Å². The van der Waals surface area contributed by atoms with E-state index < -0.39 is 75.1 Å². The molecule has 3 aromatic rings. The smallest absolute Gasteiger partial charge is 0.200 e. The molecule has 2 nitrogen and oxygen atoms in total. The van der Waals surface area contributed by atoms with Crippen LogP contribution in [0.5, 0.6) is 0 Å². The van der Waals surface area contributed by atoms with Crippen LogP contribution in [-0.4, -0.2) is 5.84 Å². The molecule has 0 amide bonds. The Balaban J connectivity index is 2.34. The van der Waals surface area contributed by atoms with Crippen LogP contribution < -0.4 is 5.32 Å². The van der Waals surface area contributed by atoms with E-state index in [-0.39, 0.29) is 0 Å². The first-order valence-corrected chi connectivity index (χ1v) is 7.89. The van der Waals surface area contributed by atoms with Crippen LogP contribution in [0, 0.1) is 52.4 Å². The zero-order valence-electron chi connectivity index (χ0n) is 14.3. The molecule has 3 rings (SSSR count). The largest absolute Gasteiger partial charge is 0.335 e. The number of hydrogen-bond acceptors (Lipinski definition) is 1. The Morgan fingerprint density at radius 3 is 1.43 bits per heavy atom. The van der Waals surface area contributed by atoms with Crippen LogP contribution in [0.3, 0.4) is 0 Å². The average molecular weight is 434 g/mol. The van der Waals surface area contributed by atoms with E-state index in [2.05, 4.69) is 4.99 Å². The molecule has 0 aliphatic rings. The number of nitrogens with one attached hydrogen (secondary N) is 1. The predicted molar refractivity (Wildman–Crippen MR) is 88.8 cm³/mol. The number of anilines is 1. The molecule has 0 aliphatic heterocycles. The first-order valence-electron chi connectivity index (χ1n) is 7.89. The van der Waals surface area contributed by atoms with Crippen molar-refractivity contribution in [3.05, 3.63) is 94.3 Å². The van der Waals surface area contributed by atoms with Gasteiger partial charge in [-0.1, -0.05) is 12.1 Å². The van der Waals surface area contributed by atoms with Crippen molar-refractivity contribution in [2.45, 2.75) is 0 Å². The molecule has 156 valence electrons. The van der Waals surface area contributed by atoms with E-state index in [1.165, 1.54) is 0 Å². The SMILES string of the molecule is Fc1cccc(F)c1N=C(Nc1c(F)cccc1F)c1c(F)c(F)c(F)c(F)c1F. The summed E-state index contributed by atoms with van der Waals surface area (Å²) in [7, 11) is 0. The van der Waals surface area contributed by atoms with Gasteiger partial charge < -0.3 is 5.32 Å². The Labute approximate surface area is 162 Å². The molecular formula is C19H7F9N2. The predicted octanol–water partition coefficient (Wildman–Crippen LogP) is 6.13. The number of benzene rings is 3. The van der Waals surface area contributed by atoms with Gasteiger partial charge in [-0.2, -0.15) is 0 Å². The van der Waals surface area contributed by atoms with Crippen LogP contribution in [-0.2, 0) is 0 Å². The molecule has 0 saturated heterocycles. The van der Waals surface area contributed by atoms with Crippen molar-refractivity contribution in [3.8, 4) is 0 Å². The Hall–Kier alpha value is -3.50. The molecule has 0 aliphatic carbocycles. The van der Waals surface area contributed by atoms with E-state index in [1.54, 1.807) is 5.32 Å². The fourth-order valence-electron chi connectivity index (χ4n) is 2.40. The maximum atomic E-state index is 14.2. The summed E-state index contributed by atoms with van der Waals surface area (Å²) in [6.07, 6.45) is 0.